The van der Waals surface area contributed by atoms with E-state index in [0.29, 0.717) is 11.5 Å². The molecule has 0 unspecified atom stereocenters. The summed E-state index contributed by atoms with van der Waals surface area (Å²) in [5.41, 5.74) is 4.46. The van der Waals surface area contributed by atoms with Crippen LogP contribution in [0.1, 0.15) is 185 Å². The molecule has 0 fully saturated rings. The molecule has 0 amide bonds. The maximum Gasteiger partial charge on any atom is 0.357 e. The molecular weight excluding hydrogens is 819 g/mol. The molecular formula is C46H69N11O5S. The second-order valence-electron chi connectivity index (χ2n) is 20.5. The second-order valence-corrected chi connectivity index (χ2v) is 21.4. The van der Waals surface area contributed by atoms with Gasteiger partial charge >= 0.3 is 11.9 Å². The molecule has 0 bridgehead atoms. The Kier molecular flexibility index (Phi) is 20.0. The SMILES string of the molecule is CC(C)(C)c1ccc(C#N)cn1.CC(C)(C)c1ccn[nH]1.CC(C)(C)c1cn[nH]c1.CC(C)(C)c1nc(C(=O)O)co1.CC(C)(C)c1nc(C(=O)O)cs1.CC(C)(C)c1ncn[nH]1. The average molecular weight is 888 g/mol. The summed E-state index contributed by atoms with van der Waals surface area (Å²) in [5.74, 6) is -0.640. The van der Waals surface area contributed by atoms with Crippen molar-refractivity contribution in [2.45, 2.75) is 157 Å². The van der Waals surface area contributed by atoms with Crippen molar-refractivity contribution in [2.75, 3.05) is 0 Å². The molecule has 6 aromatic rings. The molecule has 5 N–H and O–H groups in total. The molecule has 6 aromatic heterocycles. The molecule has 63 heavy (non-hydrogen) atoms. The van der Waals surface area contributed by atoms with Crippen LogP contribution in [0.15, 0.2) is 65.4 Å². The minimum atomic E-state index is -1.06. The van der Waals surface area contributed by atoms with E-state index in [2.05, 4.69) is 134 Å². The zero-order valence-electron chi connectivity index (χ0n) is 40.4. The molecule has 0 aliphatic heterocycles. The van der Waals surface area contributed by atoms with Gasteiger partial charge < -0.3 is 14.6 Å². The van der Waals surface area contributed by atoms with Crippen molar-refractivity contribution in [3.63, 3.8) is 0 Å². The fraction of sp³-hybridized carbons (Fsp3) is 0.522. The number of carbonyl (C=O) groups is 2. The van der Waals surface area contributed by atoms with Gasteiger partial charge in [0.15, 0.2) is 17.3 Å². The molecule has 0 aliphatic rings. The van der Waals surface area contributed by atoms with Crippen LogP contribution in [0.3, 0.4) is 0 Å². The van der Waals surface area contributed by atoms with E-state index in [4.69, 9.17) is 19.9 Å². The highest BCUT2D eigenvalue weighted by Crippen LogP contribution is 2.26. The highest BCUT2D eigenvalue weighted by molar-refractivity contribution is 7.10. The summed E-state index contributed by atoms with van der Waals surface area (Å²) in [6.45, 7) is 37.3. The minimum Gasteiger partial charge on any atom is -0.476 e. The Morgan fingerprint density at radius 3 is 1.54 bits per heavy atom. The zero-order valence-corrected chi connectivity index (χ0v) is 41.2. The van der Waals surface area contributed by atoms with Gasteiger partial charge in [-0.05, 0) is 29.2 Å². The number of thiazole rings is 1. The summed E-state index contributed by atoms with van der Waals surface area (Å²) < 4.78 is 5.00. The first-order valence-electron chi connectivity index (χ1n) is 20.3. The van der Waals surface area contributed by atoms with E-state index in [1.807, 2.05) is 72.1 Å². The van der Waals surface area contributed by atoms with Gasteiger partial charge in [-0.25, -0.2) is 24.5 Å². The molecule has 0 spiro atoms. The minimum absolute atomic E-state index is 0.0417. The smallest absolute Gasteiger partial charge is 0.357 e. The van der Waals surface area contributed by atoms with Crippen LogP contribution in [0.2, 0.25) is 0 Å². The van der Waals surface area contributed by atoms with Gasteiger partial charge in [0.1, 0.15) is 24.5 Å². The van der Waals surface area contributed by atoms with E-state index in [-0.39, 0.29) is 43.9 Å². The molecule has 0 saturated heterocycles. The number of rotatable bonds is 2. The van der Waals surface area contributed by atoms with Gasteiger partial charge in [-0.2, -0.15) is 20.6 Å². The van der Waals surface area contributed by atoms with Crippen molar-refractivity contribution in [2.24, 2.45) is 0 Å². The Labute approximate surface area is 376 Å². The number of oxazole rings is 1. The van der Waals surface area contributed by atoms with Gasteiger partial charge in [-0.15, -0.1) is 11.3 Å². The Morgan fingerprint density at radius 2 is 1.29 bits per heavy atom. The van der Waals surface area contributed by atoms with Crippen molar-refractivity contribution < 1.29 is 24.2 Å². The quantitative estimate of drug-likeness (QED) is 0.109. The van der Waals surface area contributed by atoms with Crippen molar-refractivity contribution in [1.82, 2.24) is 50.5 Å². The number of nitrogens with zero attached hydrogens (tertiary/aromatic N) is 8. The molecule has 344 valence electrons. The first-order valence-corrected chi connectivity index (χ1v) is 21.2. The van der Waals surface area contributed by atoms with Crippen molar-refractivity contribution >= 4 is 23.3 Å². The number of nitriles is 1. The molecule has 6 heterocycles. The summed E-state index contributed by atoms with van der Waals surface area (Å²) in [6, 6.07) is 7.74. The maximum atomic E-state index is 10.5. The van der Waals surface area contributed by atoms with Crippen LogP contribution < -0.4 is 0 Å². The number of pyridine rings is 1. The standard InChI is InChI=1S/C10H12N2.C8H11NO3.C8H11NO2S.2C7H12N2.C6H11N3/c1-10(2,3)9-5-4-8(6-11)7-12-9;2*1-8(2,3)7-9-5(4-12-7)6(10)11;1-7(2,3)6-4-8-9-5-6;1-7(2,3)6-4-5-8-9-6;1-6(2,3)5-7-4-8-9-5/h4-5,7H,1-3H3;2*4H,1-3H3,(H,10,11);2*4-5H,1-3H3,(H,8,9);4H,1-3H3,(H,7,8,9). The van der Waals surface area contributed by atoms with E-state index in [0.717, 1.165) is 22.8 Å². The highest BCUT2D eigenvalue weighted by atomic mass is 32.1. The third-order valence-electron chi connectivity index (χ3n) is 8.19. The third kappa shape index (κ3) is 20.6. The number of aromatic amines is 3. The molecule has 0 atom stereocenters. The molecule has 6 rings (SSSR count). The fourth-order valence-electron chi connectivity index (χ4n) is 4.24. The fourth-order valence-corrected chi connectivity index (χ4v) is 5.12. The van der Waals surface area contributed by atoms with Crippen LogP contribution in [0.25, 0.3) is 0 Å². The molecule has 0 saturated carbocycles. The predicted octanol–water partition coefficient (Wildman–Crippen LogP) is 10.6. The van der Waals surface area contributed by atoms with Crippen LogP contribution in [-0.4, -0.2) is 72.7 Å². The lowest BCUT2D eigenvalue weighted by atomic mass is 9.90. The molecule has 0 radical (unpaired) electrons. The predicted molar refractivity (Wildman–Crippen MR) is 247 cm³/mol. The molecule has 0 aliphatic carbocycles. The van der Waals surface area contributed by atoms with Gasteiger partial charge in [-0.1, -0.05) is 125 Å². The van der Waals surface area contributed by atoms with Crippen LogP contribution in [0.4, 0.5) is 0 Å². The topological polar surface area (TPSA) is 249 Å². The number of aromatic carboxylic acids is 2. The Morgan fingerprint density at radius 1 is 0.667 bits per heavy atom. The van der Waals surface area contributed by atoms with Gasteiger partial charge in [-0.3, -0.25) is 20.3 Å². The third-order valence-corrected chi connectivity index (χ3v) is 9.46. The highest BCUT2D eigenvalue weighted by Gasteiger charge is 2.22. The van der Waals surface area contributed by atoms with Gasteiger partial charge in [0.05, 0.1) is 16.8 Å². The first-order chi connectivity index (χ1) is 28.7. The average Bonchev–Trinajstić information content (AvgIpc) is 4.01. The van der Waals surface area contributed by atoms with E-state index < -0.39 is 11.9 Å². The maximum absolute atomic E-state index is 10.5. The Balaban J connectivity index is 0.000000380. The summed E-state index contributed by atoms with van der Waals surface area (Å²) >= 11 is 1.39. The van der Waals surface area contributed by atoms with Gasteiger partial charge in [0.2, 0.25) is 0 Å². The lowest BCUT2D eigenvalue weighted by molar-refractivity contribution is 0.0680. The van der Waals surface area contributed by atoms with E-state index in [1.165, 1.54) is 28.9 Å². The van der Waals surface area contributed by atoms with Crippen LogP contribution >= 0.6 is 11.3 Å². The monoisotopic (exact) mass is 888 g/mol. The van der Waals surface area contributed by atoms with E-state index >= 15 is 0 Å². The lowest BCUT2D eigenvalue weighted by Crippen LogP contribution is -2.13. The van der Waals surface area contributed by atoms with Gasteiger partial charge in [0, 0.05) is 62.4 Å². The van der Waals surface area contributed by atoms with Crippen molar-refractivity contribution in [1.29, 1.82) is 5.26 Å². The van der Waals surface area contributed by atoms with E-state index in [1.54, 1.807) is 23.8 Å². The number of hydrogen-bond acceptors (Lipinski definition) is 12. The van der Waals surface area contributed by atoms with Crippen LogP contribution in [-0.2, 0) is 32.5 Å². The van der Waals surface area contributed by atoms with Crippen molar-refractivity contribution in [3.05, 3.63) is 112 Å². The number of nitrogens with one attached hydrogen (secondary N) is 3. The summed E-state index contributed by atoms with van der Waals surface area (Å²) in [4.78, 5) is 36.9. The second kappa shape index (κ2) is 22.9. The number of aromatic nitrogens is 10. The number of hydrogen-bond donors (Lipinski definition) is 5. The summed E-state index contributed by atoms with van der Waals surface area (Å²) in [5, 5.41) is 48.1. The molecule has 17 heteroatoms. The zero-order chi connectivity index (χ0) is 48.6. The first kappa shape index (κ1) is 55.0. The van der Waals surface area contributed by atoms with Gasteiger partial charge in [0.25, 0.3) is 0 Å². The van der Waals surface area contributed by atoms with Crippen LogP contribution in [0.5, 0.6) is 0 Å². The molecule has 16 nitrogen and oxygen atoms in total. The van der Waals surface area contributed by atoms with E-state index in [9.17, 15) is 9.59 Å². The number of carboxylic acid groups (broad SMARTS) is 2. The normalized spacial score (nSPS) is 11.6. The molecule has 0 aromatic carbocycles. The largest absolute Gasteiger partial charge is 0.476 e. The summed E-state index contributed by atoms with van der Waals surface area (Å²) in [6.07, 6.45) is 9.87. The summed E-state index contributed by atoms with van der Waals surface area (Å²) in [7, 11) is 0. The number of carboxylic acids is 2. The Bertz CT molecular complexity index is 2080. The van der Waals surface area contributed by atoms with Crippen LogP contribution in [0, 0.1) is 11.3 Å². The Hall–Kier alpha value is -6.02. The number of H-pyrrole nitrogens is 3. The van der Waals surface area contributed by atoms with Crippen molar-refractivity contribution in [3.8, 4) is 6.07 Å². The lowest BCUT2D eigenvalue weighted by Gasteiger charge is -2.16.